The second-order valence-corrected chi connectivity index (χ2v) is 8.05. The van der Waals surface area contributed by atoms with Gasteiger partial charge in [0.15, 0.2) is 0 Å². The van der Waals surface area contributed by atoms with Gasteiger partial charge < -0.3 is 10.1 Å². The highest BCUT2D eigenvalue weighted by molar-refractivity contribution is 7.89. The van der Waals surface area contributed by atoms with Crippen LogP contribution in [0.5, 0.6) is 0 Å². The van der Waals surface area contributed by atoms with E-state index in [4.69, 9.17) is 4.74 Å². The molecule has 122 valence electrons. The number of pyridine rings is 1. The fourth-order valence-corrected chi connectivity index (χ4v) is 4.14. The summed E-state index contributed by atoms with van der Waals surface area (Å²) < 4.78 is 31.7. The highest BCUT2D eigenvalue weighted by Gasteiger charge is 2.39. The monoisotopic (exact) mass is 325 g/mol. The minimum absolute atomic E-state index is 0.0608. The lowest BCUT2D eigenvalue weighted by atomic mass is 9.89. The molecular formula is C15H23N3O3S. The lowest BCUT2D eigenvalue weighted by Gasteiger charge is -2.38. The number of nitrogens with zero attached hydrogens (tertiary/aromatic N) is 1. The lowest BCUT2D eigenvalue weighted by Crippen LogP contribution is -2.42. The van der Waals surface area contributed by atoms with E-state index >= 15 is 0 Å². The van der Waals surface area contributed by atoms with E-state index in [0.717, 1.165) is 38.1 Å². The van der Waals surface area contributed by atoms with E-state index < -0.39 is 10.0 Å². The van der Waals surface area contributed by atoms with Crippen molar-refractivity contribution in [2.45, 2.75) is 55.1 Å². The summed E-state index contributed by atoms with van der Waals surface area (Å²) in [7, 11) is -2.03. The first-order valence-electron chi connectivity index (χ1n) is 7.83. The molecule has 7 heteroatoms. The van der Waals surface area contributed by atoms with E-state index in [1.807, 2.05) is 0 Å². The quantitative estimate of drug-likeness (QED) is 0.884. The van der Waals surface area contributed by atoms with E-state index in [0.29, 0.717) is 6.04 Å². The van der Waals surface area contributed by atoms with Gasteiger partial charge in [-0.05, 0) is 44.9 Å². The van der Waals surface area contributed by atoms with Gasteiger partial charge in [0.2, 0.25) is 10.0 Å². The molecule has 1 aliphatic heterocycles. The maximum absolute atomic E-state index is 11.7. The van der Waals surface area contributed by atoms with E-state index in [1.165, 1.54) is 26.1 Å². The molecule has 2 aliphatic rings. The normalized spacial score (nSPS) is 24.5. The van der Waals surface area contributed by atoms with Gasteiger partial charge in [0, 0.05) is 18.8 Å². The van der Waals surface area contributed by atoms with Crippen LogP contribution in [0.2, 0.25) is 0 Å². The van der Waals surface area contributed by atoms with Gasteiger partial charge >= 0.3 is 0 Å². The number of ether oxygens (including phenoxy) is 1. The molecule has 0 aromatic carbocycles. The molecule has 2 heterocycles. The standard InChI is InChI=1S/C15H23N3O3S/c1-16-22(19,20)13-4-5-14(17-11-13)18-12-6-9-21-15(10-12)7-2-3-8-15/h4-5,11-12,16H,2-3,6-10H2,1H3,(H,17,18). The van der Waals surface area contributed by atoms with Crippen LogP contribution in [0.3, 0.4) is 0 Å². The van der Waals surface area contributed by atoms with Gasteiger partial charge in [0.25, 0.3) is 0 Å². The molecule has 0 bridgehead atoms. The zero-order chi connectivity index (χ0) is 15.6. The minimum atomic E-state index is -3.43. The third kappa shape index (κ3) is 3.26. The van der Waals surface area contributed by atoms with Gasteiger partial charge in [0.1, 0.15) is 10.7 Å². The second kappa shape index (κ2) is 6.14. The summed E-state index contributed by atoms with van der Waals surface area (Å²) in [6.07, 6.45) is 8.16. The predicted molar refractivity (Wildman–Crippen MR) is 84.3 cm³/mol. The average Bonchev–Trinajstić information content (AvgIpc) is 2.95. The van der Waals surface area contributed by atoms with Crippen molar-refractivity contribution >= 4 is 15.8 Å². The Morgan fingerprint density at radius 2 is 2.09 bits per heavy atom. The van der Waals surface area contributed by atoms with Crippen molar-refractivity contribution in [2.75, 3.05) is 19.0 Å². The molecule has 1 atom stereocenters. The van der Waals surface area contributed by atoms with Gasteiger partial charge in [0.05, 0.1) is 5.60 Å². The van der Waals surface area contributed by atoms with Crippen LogP contribution in [0.1, 0.15) is 38.5 Å². The number of rotatable bonds is 4. The number of aromatic nitrogens is 1. The molecule has 1 aromatic rings. The first kappa shape index (κ1) is 15.7. The number of nitrogens with one attached hydrogen (secondary N) is 2. The molecule has 1 aromatic heterocycles. The van der Waals surface area contributed by atoms with E-state index in [-0.39, 0.29) is 10.5 Å². The van der Waals surface area contributed by atoms with Crippen molar-refractivity contribution in [1.82, 2.24) is 9.71 Å². The van der Waals surface area contributed by atoms with Crippen molar-refractivity contribution in [2.24, 2.45) is 0 Å². The first-order valence-corrected chi connectivity index (χ1v) is 9.31. The Kier molecular flexibility index (Phi) is 4.38. The fourth-order valence-electron chi connectivity index (χ4n) is 3.47. The molecule has 0 amide bonds. The summed E-state index contributed by atoms with van der Waals surface area (Å²) in [4.78, 5) is 4.41. The second-order valence-electron chi connectivity index (χ2n) is 6.16. The average molecular weight is 325 g/mol. The maximum atomic E-state index is 11.7. The van der Waals surface area contributed by atoms with Crippen LogP contribution in [0.4, 0.5) is 5.82 Å². The molecule has 6 nitrogen and oxygen atoms in total. The minimum Gasteiger partial charge on any atom is -0.375 e. The van der Waals surface area contributed by atoms with Crippen molar-refractivity contribution in [3.05, 3.63) is 18.3 Å². The summed E-state index contributed by atoms with van der Waals surface area (Å²) in [6.45, 7) is 0.782. The Balaban J connectivity index is 1.66. The lowest BCUT2D eigenvalue weighted by molar-refractivity contribution is -0.0767. The number of anilines is 1. The molecule has 1 saturated heterocycles. The van der Waals surface area contributed by atoms with Crippen LogP contribution in [0.25, 0.3) is 0 Å². The third-order valence-corrected chi connectivity index (χ3v) is 6.07. The first-order chi connectivity index (χ1) is 10.5. The molecule has 1 aliphatic carbocycles. The topological polar surface area (TPSA) is 80.3 Å². The van der Waals surface area contributed by atoms with Crippen molar-refractivity contribution in [3.63, 3.8) is 0 Å². The summed E-state index contributed by atoms with van der Waals surface area (Å²) in [5, 5.41) is 3.42. The van der Waals surface area contributed by atoms with Crippen LogP contribution >= 0.6 is 0 Å². The maximum Gasteiger partial charge on any atom is 0.241 e. The molecule has 1 unspecified atom stereocenters. The summed E-state index contributed by atoms with van der Waals surface area (Å²) >= 11 is 0. The van der Waals surface area contributed by atoms with Crippen molar-refractivity contribution in [3.8, 4) is 0 Å². The summed E-state index contributed by atoms with van der Waals surface area (Å²) in [5.74, 6) is 0.718. The highest BCUT2D eigenvalue weighted by Crippen LogP contribution is 2.40. The van der Waals surface area contributed by atoms with E-state index in [1.54, 1.807) is 12.1 Å². The van der Waals surface area contributed by atoms with Crippen LogP contribution in [0.15, 0.2) is 23.2 Å². The number of hydrogen-bond donors (Lipinski definition) is 2. The molecule has 1 saturated carbocycles. The number of sulfonamides is 1. The van der Waals surface area contributed by atoms with Crippen LogP contribution in [-0.2, 0) is 14.8 Å². The third-order valence-electron chi connectivity index (χ3n) is 4.68. The molecule has 2 fully saturated rings. The predicted octanol–water partition coefficient (Wildman–Crippen LogP) is 1.89. The van der Waals surface area contributed by atoms with Gasteiger partial charge in [-0.3, -0.25) is 0 Å². The Hall–Kier alpha value is -1.18. The summed E-state index contributed by atoms with van der Waals surface area (Å²) in [5.41, 5.74) is 0.0608. The smallest absolute Gasteiger partial charge is 0.241 e. The Morgan fingerprint density at radius 1 is 1.32 bits per heavy atom. The molecule has 1 spiro atoms. The zero-order valence-corrected chi connectivity index (χ0v) is 13.7. The zero-order valence-electron chi connectivity index (χ0n) is 12.8. The Bertz CT molecular complexity index is 609. The fraction of sp³-hybridized carbons (Fsp3) is 0.667. The van der Waals surface area contributed by atoms with Crippen LogP contribution in [0, 0.1) is 0 Å². The Labute approximate surface area is 131 Å². The molecule has 0 radical (unpaired) electrons. The summed E-state index contributed by atoms with van der Waals surface area (Å²) in [6, 6.07) is 3.64. The Morgan fingerprint density at radius 3 is 2.73 bits per heavy atom. The van der Waals surface area contributed by atoms with Gasteiger partial charge in [-0.1, -0.05) is 12.8 Å². The van der Waals surface area contributed by atoms with Crippen molar-refractivity contribution < 1.29 is 13.2 Å². The van der Waals surface area contributed by atoms with E-state index in [9.17, 15) is 8.42 Å². The largest absolute Gasteiger partial charge is 0.375 e. The highest BCUT2D eigenvalue weighted by atomic mass is 32.2. The molecule has 22 heavy (non-hydrogen) atoms. The van der Waals surface area contributed by atoms with Gasteiger partial charge in [-0.25, -0.2) is 18.1 Å². The molecular weight excluding hydrogens is 302 g/mol. The van der Waals surface area contributed by atoms with E-state index in [2.05, 4.69) is 15.0 Å². The van der Waals surface area contributed by atoms with Gasteiger partial charge in [-0.2, -0.15) is 0 Å². The van der Waals surface area contributed by atoms with Gasteiger partial charge in [-0.15, -0.1) is 0 Å². The SMILES string of the molecule is CNS(=O)(=O)c1ccc(NC2CCOC3(CCCC3)C2)nc1. The van der Waals surface area contributed by atoms with Crippen molar-refractivity contribution in [1.29, 1.82) is 0 Å². The number of hydrogen-bond acceptors (Lipinski definition) is 5. The van der Waals surface area contributed by atoms with Crippen LogP contribution < -0.4 is 10.0 Å². The van der Waals surface area contributed by atoms with Crippen LogP contribution in [-0.4, -0.2) is 38.7 Å². The molecule has 3 rings (SSSR count). The molecule has 2 N–H and O–H groups in total.